The first-order valence-corrected chi connectivity index (χ1v) is 13.0. The molecule has 1 saturated heterocycles. The average Bonchev–Trinajstić information content (AvgIpc) is 2.83. The molecule has 3 rings (SSSR count). The van der Waals surface area contributed by atoms with Crippen molar-refractivity contribution in [1.29, 1.82) is 0 Å². The number of hydrogen-bond acceptors (Lipinski definition) is 5. The van der Waals surface area contributed by atoms with Crippen molar-refractivity contribution >= 4 is 27.5 Å². The first kappa shape index (κ1) is 25.6. The van der Waals surface area contributed by atoms with Crippen molar-refractivity contribution in [3.8, 4) is 5.75 Å². The molecule has 0 aromatic heterocycles. The number of sulfonamides is 1. The highest BCUT2D eigenvalue weighted by Gasteiger charge is 2.27. The lowest BCUT2D eigenvalue weighted by atomic mass is 9.95. The maximum Gasteiger partial charge on any atom is 0.261 e. The summed E-state index contributed by atoms with van der Waals surface area (Å²) in [4.78, 5) is 27.1. The van der Waals surface area contributed by atoms with Crippen molar-refractivity contribution in [2.75, 3.05) is 31.5 Å². The number of anilines is 1. The molecular weight excluding hydrogens is 454 g/mol. The van der Waals surface area contributed by atoms with Gasteiger partial charge in [-0.3, -0.25) is 14.3 Å². The van der Waals surface area contributed by atoms with Crippen molar-refractivity contribution < 1.29 is 22.7 Å². The number of amides is 2. The summed E-state index contributed by atoms with van der Waals surface area (Å²) in [5.74, 6) is 0.997. The van der Waals surface area contributed by atoms with Crippen LogP contribution in [0.4, 0.5) is 5.69 Å². The molecular formula is C25H33N3O5S. The highest BCUT2D eigenvalue weighted by Crippen LogP contribution is 2.22. The minimum atomic E-state index is -3.76. The maximum absolute atomic E-state index is 12.9. The Bertz CT molecular complexity index is 1070. The van der Waals surface area contributed by atoms with Gasteiger partial charge in [0.05, 0.1) is 12.0 Å². The molecule has 1 aliphatic heterocycles. The normalized spacial score (nSPS) is 14.6. The molecule has 8 nitrogen and oxygen atoms in total. The summed E-state index contributed by atoms with van der Waals surface area (Å²) < 4.78 is 32.8. The number of ether oxygens (including phenoxy) is 1. The van der Waals surface area contributed by atoms with Crippen LogP contribution in [0.3, 0.4) is 0 Å². The highest BCUT2D eigenvalue weighted by molar-refractivity contribution is 7.92. The number of piperidine rings is 1. The van der Waals surface area contributed by atoms with E-state index >= 15 is 0 Å². The van der Waals surface area contributed by atoms with Gasteiger partial charge in [0, 0.05) is 36.8 Å². The topological polar surface area (TPSA) is 105 Å². The Balaban J connectivity index is 1.53. The number of likely N-dealkylation sites (tertiary alicyclic amines) is 1. The minimum absolute atomic E-state index is 0.0639. The molecule has 9 heteroatoms. The van der Waals surface area contributed by atoms with Crippen LogP contribution in [0.2, 0.25) is 0 Å². The van der Waals surface area contributed by atoms with Crippen molar-refractivity contribution in [3.63, 3.8) is 0 Å². The number of hydrogen-bond donors (Lipinski definition) is 2. The summed E-state index contributed by atoms with van der Waals surface area (Å²) in [6.07, 6.45) is 2.23. The van der Waals surface area contributed by atoms with Crippen molar-refractivity contribution in [1.82, 2.24) is 10.2 Å². The second-order valence-electron chi connectivity index (χ2n) is 8.90. The minimum Gasteiger partial charge on any atom is -0.497 e. The Morgan fingerprint density at radius 1 is 1.03 bits per heavy atom. The lowest BCUT2D eigenvalue weighted by Gasteiger charge is -2.31. The number of carbonyl (C=O) groups excluding carboxylic acids is 2. The summed E-state index contributed by atoms with van der Waals surface area (Å²) in [5, 5.41) is 3.00. The third kappa shape index (κ3) is 6.72. The highest BCUT2D eigenvalue weighted by atomic mass is 32.2. The number of carbonyl (C=O) groups is 2. The van der Waals surface area contributed by atoms with Crippen molar-refractivity contribution in [2.24, 2.45) is 11.8 Å². The van der Waals surface area contributed by atoms with E-state index in [4.69, 9.17) is 4.74 Å². The fourth-order valence-corrected chi connectivity index (χ4v) is 4.86. The van der Waals surface area contributed by atoms with Gasteiger partial charge in [0.15, 0.2) is 0 Å². The average molecular weight is 488 g/mol. The van der Waals surface area contributed by atoms with E-state index in [-0.39, 0.29) is 22.6 Å². The molecule has 2 aromatic carbocycles. The quantitative estimate of drug-likeness (QED) is 0.563. The lowest BCUT2D eigenvalue weighted by Crippen LogP contribution is -2.43. The third-order valence-corrected chi connectivity index (χ3v) is 7.32. The molecule has 0 atom stereocenters. The Morgan fingerprint density at radius 3 is 2.21 bits per heavy atom. The zero-order valence-corrected chi connectivity index (χ0v) is 20.7. The smallest absolute Gasteiger partial charge is 0.261 e. The van der Waals surface area contributed by atoms with Gasteiger partial charge in [-0.1, -0.05) is 13.8 Å². The number of methoxy groups -OCH3 is 1. The predicted octanol–water partition coefficient (Wildman–Crippen LogP) is 3.51. The molecule has 1 heterocycles. The van der Waals surface area contributed by atoms with Gasteiger partial charge in [0.1, 0.15) is 5.75 Å². The molecule has 0 radical (unpaired) electrons. The van der Waals surface area contributed by atoms with Crippen LogP contribution in [0, 0.1) is 11.8 Å². The molecule has 0 saturated carbocycles. The Morgan fingerprint density at radius 2 is 1.65 bits per heavy atom. The van der Waals surface area contributed by atoms with E-state index in [9.17, 15) is 18.0 Å². The number of nitrogens with one attached hydrogen (secondary N) is 2. The molecule has 2 amide bonds. The van der Waals surface area contributed by atoms with Gasteiger partial charge in [0.25, 0.3) is 15.9 Å². The van der Waals surface area contributed by atoms with Gasteiger partial charge in [-0.15, -0.1) is 0 Å². The Kier molecular flexibility index (Phi) is 8.55. The van der Waals surface area contributed by atoms with E-state index in [0.717, 1.165) is 6.42 Å². The second kappa shape index (κ2) is 11.4. The van der Waals surface area contributed by atoms with E-state index in [1.165, 1.54) is 19.2 Å². The van der Waals surface area contributed by atoms with Crippen LogP contribution < -0.4 is 14.8 Å². The van der Waals surface area contributed by atoms with Crippen LogP contribution in [0.25, 0.3) is 0 Å². The summed E-state index contributed by atoms with van der Waals surface area (Å²) >= 11 is 0. The largest absolute Gasteiger partial charge is 0.497 e. The second-order valence-corrected chi connectivity index (χ2v) is 10.6. The van der Waals surface area contributed by atoms with E-state index in [1.54, 1.807) is 41.3 Å². The maximum atomic E-state index is 12.9. The van der Waals surface area contributed by atoms with Crippen LogP contribution in [0.5, 0.6) is 5.75 Å². The SMILES string of the molecule is COc1ccc(S(=O)(=O)Nc2ccc(C(=O)N3CCC(C(=O)NCCC(C)C)CC3)cc2)cc1. The molecule has 0 aliphatic carbocycles. The summed E-state index contributed by atoms with van der Waals surface area (Å²) in [6.45, 7) is 5.97. The van der Waals surface area contributed by atoms with Crippen molar-refractivity contribution in [2.45, 2.75) is 38.0 Å². The van der Waals surface area contributed by atoms with Crippen LogP contribution in [-0.4, -0.2) is 51.9 Å². The molecule has 184 valence electrons. The van der Waals surface area contributed by atoms with Gasteiger partial charge in [-0.05, 0) is 73.7 Å². The summed E-state index contributed by atoms with van der Waals surface area (Å²) in [7, 11) is -2.24. The lowest BCUT2D eigenvalue weighted by molar-refractivity contribution is -0.126. The molecule has 0 bridgehead atoms. The van der Waals surface area contributed by atoms with E-state index in [0.29, 0.717) is 55.4 Å². The fraction of sp³-hybridized carbons (Fsp3) is 0.440. The monoisotopic (exact) mass is 487 g/mol. The van der Waals surface area contributed by atoms with Gasteiger partial charge in [-0.2, -0.15) is 0 Å². The molecule has 0 spiro atoms. The van der Waals surface area contributed by atoms with Gasteiger partial charge in [0.2, 0.25) is 5.91 Å². The zero-order chi connectivity index (χ0) is 24.7. The van der Waals surface area contributed by atoms with E-state index in [1.807, 2.05) is 0 Å². The van der Waals surface area contributed by atoms with Crippen LogP contribution >= 0.6 is 0 Å². The molecule has 1 aliphatic rings. The molecule has 0 unspecified atom stereocenters. The van der Waals surface area contributed by atoms with E-state index < -0.39 is 10.0 Å². The number of benzene rings is 2. The molecule has 2 aromatic rings. The predicted molar refractivity (Wildman–Crippen MR) is 131 cm³/mol. The Hall–Kier alpha value is -3.07. The van der Waals surface area contributed by atoms with Gasteiger partial charge in [-0.25, -0.2) is 8.42 Å². The van der Waals surface area contributed by atoms with E-state index in [2.05, 4.69) is 23.9 Å². The van der Waals surface area contributed by atoms with Crippen LogP contribution in [0.15, 0.2) is 53.4 Å². The molecule has 2 N–H and O–H groups in total. The van der Waals surface area contributed by atoms with Gasteiger partial charge >= 0.3 is 0 Å². The summed E-state index contributed by atoms with van der Waals surface area (Å²) in [5.41, 5.74) is 0.844. The van der Waals surface area contributed by atoms with Crippen molar-refractivity contribution in [3.05, 3.63) is 54.1 Å². The number of rotatable bonds is 9. The first-order valence-electron chi connectivity index (χ1n) is 11.5. The van der Waals surface area contributed by atoms with Crippen LogP contribution in [-0.2, 0) is 14.8 Å². The zero-order valence-electron chi connectivity index (χ0n) is 19.9. The summed E-state index contributed by atoms with van der Waals surface area (Å²) in [6, 6.07) is 12.5. The third-order valence-electron chi connectivity index (χ3n) is 5.93. The molecule has 1 fully saturated rings. The number of nitrogens with zero attached hydrogens (tertiary/aromatic N) is 1. The standard InChI is InChI=1S/C25H33N3O5S/c1-18(2)12-15-26-24(29)19-13-16-28(17-14-19)25(30)20-4-6-21(7-5-20)27-34(31,32)23-10-8-22(33-3)9-11-23/h4-11,18-19,27H,12-17H2,1-3H3,(H,26,29). The van der Waals surface area contributed by atoms with Crippen LogP contribution in [0.1, 0.15) is 43.5 Å². The fourth-order valence-electron chi connectivity index (χ4n) is 3.81. The first-order chi connectivity index (χ1) is 16.2. The Labute approximate surface area is 201 Å². The van der Waals surface area contributed by atoms with Gasteiger partial charge < -0.3 is 15.0 Å². The molecule has 34 heavy (non-hydrogen) atoms.